The van der Waals surface area contributed by atoms with Gasteiger partial charge in [-0.25, -0.2) is 4.79 Å². The molecule has 1 saturated heterocycles. The minimum absolute atomic E-state index is 0.124. The molecule has 0 aromatic carbocycles. The van der Waals surface area contributed by atoms with Crippen LogP contribution in [0.25, 0.3) is 0 Å². The third kappa shape index (κ3) is 2.54. The van der Waals surface area contributed by atoms with Crippen LogP contribution in [0.4, 0.5) is 4.79 Å². The molecule has 0 radical (unpaired) electrons. The standard InChI is InChI=1S/C13H20N2O2/c1-13(2,3)17-12(16)15-8-10-6-11(15)5-4-9(10)7-14/h9-11H,4-6,8H2,1-3H3. The van der Waals surface area contributed by atoms with Crippen molar-refractivity contribution in [2.75, 3.05) is 6.54 Å². The van der Waals surface area contributed by atoms with E-state index in [0.717, 1.165) is 19.3 Å². The summed E-state index contributed by atoms with van der Waals surface area (Å²) in [4.78, 5) is 13.8. The van der Waals surface area contributed by atoms with Crippen molar-refractivity contribution in [1.29, 1.82) is 5.26 Å². The molecule has 3 unspecified atom stereocenters. The van der Waals surface area contributed by atoms with E-state index in [0.29, 0.717) is 18.5 Å². The van der Waals surface area contributed by atoms with E-state index in [-0.39, 0.29) is 12.0 Å². The molecule has 2 bridgehead atoms. The van der Waals surface area contributed by atoms with Crippen molar-refractivity contribution in [1.82, 2.24) is 4.90 Å². The highest BCUT2D eigenvalue weighted by atomic mass is 16.6. The average molecular weight is 236 g/mol. The van der Waals surface area contributed by atoms with E-state index in [1.165, 1.54) is 0 Å². The summed E-state index contributed by atoms with van der Waals surface area (Å²) in [5.74, 6) is 0.477. The van der Waals surface area contributed by atoms with Gasteiger partial charge in [0.15, 0.2) is 0 Å². The highest BCUT2D eigenvalue weighted by Crippen LogP contribution is 2.39. The number of ether oxygens (including phenoxy) is 1. The first kappa shape index (κ1) is 12.2. The Bertz CT molecular complexity index is 353. The van der Waals surface area contributed by atoms with Gasteiger partial charge in [-0.3, -0.25) is 0 Å². The second-order valence-corrected chi connectivity index (χ2v) is 6.10. The highest BCUT2D eigenvalue weighted by molar-refractivity contribution is 5.69. The second-order valence-electron chi connectivity index (χ2n) is 6.10. The quantitative estimate of drug-likeness (QED) is 0.649. The molecule has 0 aromatic heterocycles. The van der Waals surface area contributed by atoms with Crippen molar-refractivity contribution in [2.24, 2.45) is 11.8 Å². The molecule has 94 valence electrons. The molecule has 0 aromatic rings. The molecular weight excluding hydrogens is 216 g/mol. The summed E-state index contributed by atoms with van der Waals surface area (Å²) in [6.45, 7) is 6.33. The van der Waals surface area contributed by atoms with E-state index in [9.17, 15) is 4.79 Å². The van der Waals surface area contributed by atoms with Crippen LogP contribution >= 0.6 is 0 Å². The highest BCUT2D eigenvalue weighted by Gasteiger charge is 2.44. The van der Waals surface area contributed by atoms with Crippen LogP contribution in [0.15, 0.2) is 0 Å². The monoisotopic (exact) mass is 236 g/mol. The SMILES string of the molecule is CC(C)(C)OC(=O)N1CC2CC1CCC2C#N. The molecule has 4 heteroatoms. The predicted molar refractivity (Wildman–Crippen MR) is 63.2 cm³/mol. The fraction of sp³-hybridized carbons (Fsp3) is 0.846. The Hall–Kier alpha value is -1.24. The van der Waals surface area contributed by atoms with Crippen LogP contribution in [0, 0.1) is 23.2 Å². The van der Waals surface area contributed by atoms with E-state index in [4.69, 9.17) is 10.00 Å². The number of fused-ring (bicyclic) bond motifs is 2. The van der Waals surface area contributed by atoms with Gasteiger partial charge in [-0.05, 0) is 46.0 Å². The normalized spacial score (nSPS) is 32.1. The zero-order valence-corrected chi connectivity index (χ0v) is 10.8. The van der Waals surface area contributed by atoms with Gasteiger partial charge in [0.05, 0.1) is 12.0 Å². The van der Waals surface area contributed by atoms with E-state index in [1.54, 1.807) is 0 Å². The number of carbonyl (C=O) groups is 1. The van der Waals surface area contributed by atoms with Crippen LogP contribution in [-0.2, 0) is 4.74 Å². The van der Waals surface area contributed by atoms with Gasteiger partial charge >= 0.3 is 6.09 Å². The lowest BCUT2D eigenvalue weighted by Gasteiger charge is -2.28. The molecule has 17 heavy (non-hydrogen) atoms. The van der Waals surface area contributed by atoms with Gasteiger partial charge < -0.3 is 9.64 Å². The Morgan fingerprint density at radius 3 is 2.71 bits per heavy atom. The molecule has 0 N–H and O–H groups in total. The van der Waals surface area contributed by atoms with E-state index in [1.807, 2.05) is 25.7 Å². The molecule has 1 heterocycles. The average Bonchev–Trinajstić information content (AvgIpc) is 2.55. The number of hydrogen-bond acceptors (Lipinski definition) is 3. The Balaban J connectivity index is 2.01. The van der Waals surface area contributed by atoms with Crippen LogP contribution in [-0.4, -0.2) is 29.2 Å². The van der Waals surface area contributed by atoms with E-state index in [2.05, 4.69) is 6.07 Å². The van der Waals surface area contributed by atoms with Gasteiger partial charge in [0, 0.05) is 12.6 Å². The molecule has 3 atom stereocenters. The fourth-order valence-electron chi connectivity index (χ4n) is 2.84. The minimum atomic E-state index is -0.442. The lowest BCUT2D eigenvalue weighted by molar-refractivity contribution is 0.0223. The van der Waals surface area contributed by atoms with E-state index >= 15 is 0 Å². The summed E-state index contributed by atoms with van der Waals surface area (Å²) < 4.78 is 5.40. The summed E-state index contributed by atoms with van der Waals surface area (Å²) >= 11 is 0. The summed E-state index contributed by atoms with van der Waals surface area (Å²) in [6.07, 6.45) is 2.61. The molecule has 1 saturated carbocycles. The van der Waals surface area contributed by atoms with Gasteiger partial charge in [-0.2, -0.15) is 5.26 Å². The number of nitriles is 1. The van der Waals surface area contributed by atoms with Crippen LogP contribution < -0.4 is 0 Å². The molecule has 2 fully saturated rings. The Kier molecular flexibility index (Phi) is 3.03. The minimum Gasteiger partial charge on any atom is -0.444 e. The van der Waals surface area contributed by atoms with Crippen molar-refractivity contribution < 1.29 is 9.53 Å². The molecular formula is C13H20N2O2. The van der Waals surface area contributed by atoms with Gasteiger partial charge in [0.25, 0.3) is 0 Å². The summed E-state index contributed by atoms with van der Waals surface area (Å²) in [7, 11) is 0. The zero-order chi connectivity index (χ0) is 12.6. The third-order valence-corrected chi connectivity index (χ3v) is 3.62. The van der Waals surface area contributed by atoms with Crippen molar-refractivity contribution >= 4 is 6.09 Å². The Morgan fingerprint density at radius 2 is 2.12 bits per heavy atom. The summed E-state index contributed by atoms with van der Waals surface area (Å²) in [5, 5.41) is 9.04. The number of likely N-dealkylation sites (tertiary alicyclic amines) is 1. The van der Waals surface area contributed by atoms with Gasteiger partial charge in [0.2, 0.25) is 0 Å². The first-order valence-electron chi connectivity index (χ1n) is 6.30. The van der Waals surface area contributed by atoms with Crippen molar-refractivity contribution in [3.8, 4) is 6.07 Å². The van der Waals surface area contributed by atoms with E-state index < -0.39 is 5.60 Å². The fourth-order valence-corrected chi connectivity index (χ4v) is 2.84. The number of rotatable bonds is 0. The van der Waals surface area contributed by atoms with Gasteiger partial charge in [0.1, 0.15) is 5.60 Å². The number of nitrogens with zero attached hydrogens (tertiary/aromatic N) is 2. The lowest BCUT2D eigenvalue weighted by atomic mass is 9.81. The van der Waals surface area contributed by atoms with Gasteiger partial charge in [-0.1, -0.05) is 0 Å². The van der Waals surface area contributed by atoms with Crippen LogP contribution in [0.5, 0.6) is 0 Å². The largest absolute Gasteiger partial charge is 0.444 e. The molecule has 2 aliphatic rings. The topological polar surface area (TPSA) is 53.3 Å². The van der Waals surface area contributed by atoms with Crippen molar-refractivity contribution in [3.63, 3.8) is 0 Å². The van der Waals surface area contributed by atoms with Gasteiger partial charge in [-0.15, -0.1) is 0 Å². The number of amides is 1. The van der Waals surface area contributed by atoms with Crippen LogP contribution in [0.2, 0.25) is 0 Å². The first-order valence-corrected chi connectivity index (χ1v) is 6.30. The lowest BCUT2D eigenvalue weighted by Crippen LogP contribution is -2.39. The molecule has 0 spiro atoms. The number of hydrogen-bond donors (Lipinski definition) is 0. The second kappa shape index (κ2) is 4.21. The molecule has 4 nitrogen and oxygen atoms in total. The third-order valence-electron chi connectivity index (χ3n) is 3.62. The molecule has 1 aliphatic carbocycles. The van der Waals surface area contributed by atoms with Crippen molar-refractivity contribution in [3.05, 3.63) is 0 Å². The molecule has 1 amide bonds. The maximum atomic E-state index is 12.0. The first-order chi connectivity index (χ1) is 7.90. The summed E-state index contributed by atoms with van der Waals surface area (Å²) in [5.41, 5.74) is -0.442. The molecule has 2 rings (SSSR count). The maximum Gasteiger partial charge on any atom is 0.410 e. The predicted octanol–water partition coefficient (Wildman–Crippen LogP) is 2.55. The van der Waals surface area contributed by atoms with Crippen molar-refractivity contribution in [2.45, 2.75) is 51.7 Å². The Labute approximate surface area is 103 Å². The summed E-state index contributed by atoms with van der Waals surface area (Å²) in [6, 6.07) is 2.65. The smallest absolute Gasteiger partial charge is 0.410 e. The molecule has 1 aliphatic heterocycles. The Morgan fingerprint density at radius 1 is 1.41 bits per heavy atom. The van der Waals surface area contributed by atoms with Crippen LogP contribution in [0.3, 0.4) is 0 Å². The number of carbonyl (C=O) groups excluding carboxylic acids is 1. The maximum absolute atomic E-state index is 12.0. The zero-order valence-electron chi connectivity index (χ0n) is 10.8. The van der Waals surface area contributed by atoms with Crippen LogP contribution in [0.1, 0.15) is 40.0 Å².